The Hall–Kier alpha value is -1.10. The predicted octanol–water partition coefficient (Wildman–Crippen LogP) is 0.844. The monoisotopic (exact) mass is 269 g/mol. The quantitative estimate of drug-likeness (QED) is 0.777. The van der Waals surface area contributed by atoms with Crippen LogP contribution in [0.4, 0.5) is 0 Å². The number of rotatable bonds is 6. The molecular formula is C14H27N3O2. The van der Waals surface area contributed by atoms with Gasteiger partial charge in [0.25, 0.3) is 0 Å². The second kappa shape index (κ2) is 7.48. The van der Waals surface area contributed by atoms with Crippen molar-refractivity contribution in [2.24, 2.45) is 0 Å². The summed E-state index contributed by atoms with van der Waals surface area (Å²) >= 11 is 0. The Morgan fingerprint density at radius 2 is 2.11 bits per heavy atom. The first kappa shape index (κ1) is 16.0. The van der Waals surface area contributed by atoms with Crippen LogP contribution in [0, 0.1) is 0 Å². The van der Waals surface area contributed by atoms with Gasteiger partial charge < -0.3 is 15.1 Å². The molecule has 0 aromatic carbocycles. The first-order valence-electron chi connectivity index (χ1n) is 7.20. The van der Waals surface area contributed by atoms with E-state index in [0.717, 1.165) is 25.8 Å². The van der Waals surface area contributed by atoms with Gasteiger partial charge in [0.05, 0.1) is 0 Å². The van der Waals surface area contributed by atoms with Gasteiger partial charge in [-0.3, -0.25) is 9.59 Å². The van der Waals surface area contributed by atoms with E-state index in [9.17, 15) is 9.59 Å². The van der Waals surface area contributed by atoms with Gasteiger partial charge in [-0.15, -0.1) is 0 Å². The first-order chi connectivity index (χ1) is 8.95. The van der Waals surface area contributed by atoms with Crippen LogP contribution in [0.5, 0.6) is 0 Å². The van der Waals surface area contributed by atoms with Crippen molar-refractivity contribution >= 4 is 11.8 Å². The van der Waals surface area contributed by atoms with Gasteiger partial charge in [0.1, 0.15) is 6.04 Å². The molecule has 110 valence electrons. The summed E-state index contributed by atoms with van der Waals surface area (Å²) in [5, 5.41) is 2.84. The molecule has 1 aliphatic rings. The van der Waals surface area contributed by atoms with Crippen molar-refractivity contribution < 1.29 is 9.59 Å². The summed E-state index contributed by atoms with van der Waals surface area (Å²) in [7, 11) is 4.06. The van der Waals surface area contributed by atoms with E-state index in [1.165, 1.54) is 0 Å². The van der Waals surface area contributed by atoms with Crippen LogP contribution < -0.4 is 5.32 Å². The molecule has 0 saturated carbocycles. The molecular weight excluding hydrogens is 242 g/mol. The third-order valence-corrected chi connectivity index (χ3v) is 3.60. The van der Waals surface area contributed by atoms with Gasteiger partial charge >= 0.3 is 0 Å². The summed E-state index contributed by atoms with van der Waals surface area (Å²) in [4.78, 5) is 28.1. The van der Waals surface area contributed by atoms with Gasteiger partial charge in [-0.1, -0.05) is 13.3 Å². The largest absolute Gasteiger partial charge is 0.344 e. The number of hydrogen-bond acceptors (Lipinski definition) is 3. The number of nitrogens with one attached hydrogen (secondary N) is 1. The maximum Gasteiger partial charge on any atom is 0.245 e. The van der Waals surface area contributed by atoms with Crippen molar-refractivity contribution in [2.75, 3.05) is 27.2 Å². The normalized spacial score (nSPS) is 22.4. The predicted molar refractivity (Wildman–Crippen MR) is 75.8 cm³/mol. The van der Waals surface area contributed by atoms with Gasteiger partial charge in [0.2, 0.25) is 11.8 Å². The Balaban J connectivity index is 2.68. The van der Waals surface area contributed by atoms with Crippen LogP contribution in [0.15, 0.2) is 0 Å². The molecule has 1 fully saturated rings. The van der Waals surface area contributed by atoms with E-state index >= 15 is 0 Å². The molecule has 1 saturated heterocycles. The van der Waals surface area contributed by atoms with Crippen molar-refractivity contribution in [3.05, 3.63) is 0 Å². The molecule has 1 rings (SSSR count). The molecule has 0 radical (unpaired) electrons. The average molecular weight is 269 g/mol. The van der Waals surface area contributed by atoms with Gasteiger partial charge in [0.15, 0.2) is 0 Å². The number of amides is 2. The molecule has 0 aromatic rings. The summed E-state index contributed by atoms with van der Waals surface area (Å²) in [6.07, 6.45) is 2.97. The maximum atomic E-state index is 12.5. The molecule has 19 heavy (non-hydrogen) atoms. The fraction of sp³-hybridized carbons (Fsp3) is 0.857. The minimum atomic E-state index is -0.332. The van der Waals surface area contributed by atoms with Crippen LogP contribution in [0.25, 0.3) is 0 Å². The number of nitrogens with zero attached hydrogens (tertiary/aromatic N) is 2. The zero-order chi connectivity index (χ0) is 14.4. The van der Waals surface area contributed by atoms with Crippen LogP contribution >= 0.6 is 0 Å². The lowest BCUT2D eigenvalue weighted by molar-refractivity contribution is -0.135. The Morgan fingerprint density at radius 3 is 2.68 bits per heavy atom. The fourth-order valence-corrected chi connectivity index (χ4v) is 2.38. The minimum absolute atomic E-state index is 0.00545. The zero-order valence-corrected chi connectivity index (χ0v) is 12.6. The molecule has 2 atom stereocenters. The summed E-state index contributed by atoms with van der Waals surface area (Å²) in [6.45, 7) is 5.59. The highest BCUT2D eigenvalue weighted by Gasteiger charge is 2.31. The summed E-state index contributed by atoms with van der Waals surface area (Å²) in [6, 6.07) is -0.149. The highest BCUT2D eigenvalue weighted by Crippen LogP contribution is 2.13. The lowest BCUT2D eigenvalue weighted by Crippen LogP contribution is -2.48. The highest BCUT2D eigenvalue weighted by atomic mass is 16.2. The molecule has 5 heteroatoms. The molecule has 0 spiro atoms. The third kappa shape index (κ3) is 4.82. The van der Waals surface area contributed by atoms with E-state index in [1.54, 1.807) is 0 Å². The van der Waals surface area contributed by atoms with E-state index in [4.69, 9.17) is 0 Å². The third-order valence-electron chi connectivity index (χ3n) is 3.60. The van der Waals surface area contributed by atoms with Crippen molar-refractivity contribution in [1.29, 1.82) is 0 Å². The number of carbonyl (C=O) groups is 2. The molecule has 0 aliphatic carbocycles. The Kier molecular flexibility index (Phi) is 6.28. The SMILES string of the molecule is CCCC1NC(=O)CCN(C(C)CCN(C)C)C1=O. The first-order valence-corrected chi connectivity index (χ1v) is 7.20. The topological polar surface area (TPSA) is 52.7 Å². The van der Waals surface area contributed by atoms with Crippen LogP contribution in [-0.4, -0.2) is 60.9 Å². The molecule has 2 amide bonds. The number of hydrogen-bond donors (Lipinski definition) is 1. The molecule has 1 heterocycles. The van der Waals surface area contributed by atoms with Crippen molar-refractivity contribution in [2.45, 2.75) is 51.6 Å². The van der Waals surface area contributed by atoms with E-state index in [-0.39, 0.29) is 23.9 Å². The Labute approximate surface area is 116 Å². The molecule has 1 aliphatic heterocycles. The summed E-state index contributed by atoms with van der Waals surface area (Å²) < 4.78 is 0. The molecule has 0 aromatic heterocycles. The van der Waals surface area contributed by atoms with Gasteiger partial charge in [-0.05, 0) is 40.4 Å². The zero-order valence-electron chi connectivity index (χ0n) is 12.6. The lowest BCUT2D eigenvalue weighted by Gasteiger charge is -2.30. The van der Waals surface area contributed by atoms with Gasteiger partial charge in [0, 0.05) is 19.0 Å². The fourth-order valence-electron chi connectivity index (χ4n) is 2.38. The lowest BCUT2D eigenvalue weighted by atomic mass is 10.1. The van der Waals surface area contributed by atoms with Crippen LogP contribution in [0.3, 0.4) is 0 Å². The number of carbonyl (C=O) groups excluding carboxylic acids is 2. The van der Waals surface area contributed by atoms with Gasteiger partial charge in [-0.25, -0.2) is 0 Å². The summed E-state index contributed by atoms with van der Waals surface area (Å²) in [5.74, 6) is 0.0769. The minimum Gasteiger partial charge on any atom is -0.344 e. The molecule has 5 nitrogen and oxygen atoms in total. The smallest absolute Gasteiger partial charge is 0.245 e. The Bertz CT molecular complexity index is 318. The van der Waals surface area contributed by atoms with E-state index in [0.29, 0.717) is 13.0 Å². The molecule has 0 bridgehead atoms. The summed E-state index contributed by atoms with van der Waals surface area (Å²) in [5.41, 5.74) is 0. The second-order valence-corrected chi connectivity index (χ2v) is 5.63. The van der Waals surface area contributed by atoms with E-state index in [1.807, 2.05) is 25.9 Å². The standard InChI is InChI=1S/C14H27N3O2/c1-5-6-12-14(19)17(10-8-13(18)15-12)11(2)7-9-16(3)4/h11-12H,5-10H2,1-4H3,(H,15,18). The van der Waals surface area contributed by atoms with Crippen LogP contribution in [0.1, 0.15) is 39.5 Å². The Morgan fingerprint density at radius 1 is 1.42 bits per heavy atom. The van der Waals surface area contributed by atoms with Crippen molar-refractivity contribution in [3.8, 4) is 0 Å². The maximum absolute atomic E-state index is 12.5. The van der Waals surface area contributed by atoms with Crippen LogP contribution in [0.2, 0.25) is 0 Å². The second-order valence-electron chi connectivity index (χ2n) is 5.63. The average Bonchev–Trinajstić information content (AvgIpc) is 2.48. The molecule has 2 unspecified atom stereocenters. The van der Waals surface area contributed by atoms with Crippen molar-refractivity contribution in [1.82, 2.24) is 15.1 Å². The van der Waals surface area contributed by atoms with Crippen molar-refractivity contribution in [3.63, 3.8) is 0 Å². The van der Waals surface area contributed by atoms with E-state index < -0.39 is 0 Å². The molecule has 1 N–H and O–H groups in total. The van der Waals surface area contributed by atoms with E-state index in [2.05, 4.69) is 17.1 Å². The van der Waals surface area contributed by atoms with Gasteiger partial charge in [-0.2, -0.15) is 0 Å². The highest BCUT2D eigenvalue weighted by molar-refractivity contribution is 5.90. The van der Waals surface area contributed by atoms with Crippen LogP contribution in [-0.2, 0) is 9.59 Å².